The van der Waals surface area contributed by atoms with E-state index < -0.39 is 0 Å². The number of nitrogens with one attached hydrogen (secondary N) is 1. The molecular formula is C14H20N2O2. The second kappa shape index (κ2) is 6.40. The first-order chi connectivity index (χ1) is 8.78. The molecule has 1 saturated carbocycles. The van der Waals surface area contributed by atoms with Crippen molar-refractivity contribution in [2.75, 3.05) is 6.61 Å². The van der Waals surface area contributed by atoms with Gasteiger partial charge in [-0.25, -0.2) is 0 Å². The van der Waals surface area contributed by atoms with Crippen LogP contribution >= 0.6 is 0 Å². The van der Waals surface area contributed by atoms with Gasteiger partial charge in [0.15, 0.2) is 6.61 Å². The highest BCUT2D eigenvalue weighted by Gasteiger charge is 2.17. The molecule has 0 spiro atoms. The molecule has 1 fully saturated rings. The molecular weight excluding hydrogens is 228 g/mol. The molecule has 0 bridgehead atoms. The maximum atomic E-state index is 11.6. The number of carbonyl (C=O) groups is 1. The van der Waals surface area contributed by atoms with Crippen LogP contribution in [-0.2, 0) is 11.3 Å². The summed E-state index contributed by atoms with van der Waals surface area (Å²) >= 11 is 0. The monoisotopic (exact) mass is 248 g/mol. The lowest BCUT2D eigenvalue weighted by Crippen LogP contribution is -2.36. The predicted molar refractivity (Wildman–Crippen MR) is 70.2 cm³/mol. The lowest BCUT2D eigenvalue weighted by molar-refractivity contribution is -0.123. The Morgan fingerprint density at radius 1 is 1.28 bits per heavy atom. The van der Waals surface area contributed by atoms with Crippen LogP contribution in [0.2, 0.25) is 0 Å². The zero-order chi connectivity index (χ0) is 12.8. The van der Waals surface area contributed by atoms with Crippen molar-refractivity contribution in [3.63, 3.8) is 0 Å². The zero-order valence-electron chi connectivity index (χ0n) is 10.5. The summed E-state index contributed by atoms with van der Waals surface area (Å²) in [5.41, 5.74) is 6.56. The van der Waals surface area contributed by atoms with Gasteiger partial charge in [0.25, 0.3) is 5.91 Å². The topological polar surface area (TPSA) is 64.3 Å². The smallest absolute Gasteiger partial charge is 0.258 e. The normalized spacial score (nSPS) is 15.6. The summed E-state index contributed by atoms with van der Waals surface area (Å²) in [6.45, 7) is 0.598. The summed E-state index contributed by atoms with van der Waals surface area (Å²) in [6, 6.07) is 7.84. The minimum absolute atomic E-state index is 0.0372. The molecule has 4 nitrogen and oxygen atoms in total. The van der Waals surface area contributed by atoms with Crippen LogP contribution in [0.5, 0.6) is 5.75 Å². The van der Waals surface area contributed by atoms with E-state index in [1.165, 1.54) is 12.8 Å². The number of hydrogen-bond donors (Lipinski definition) is 2. The Balaban J connectivity index is 1.74. The summed E-state index contributed by atoms with van der Waals surface area (Å²) in [5, 5.41) is 2.99. The van der Waals surface area contributed by atoms with Crippen molar-refractivity contribution < 1.29 is 9.53 Å². The Bertz CT molecular complexity index is 383. The second-order valence-electron chi connectivity index (χ2n) is 4.69. The number of benzene rings is 1. The van der Waals surface area contributed by atoms with Gasteiger partial charge in [0, 0.05) is 12.6 Å². The molecule has 1 aromatic rings. The van der Waals surface area contributed by atoms with Crippen molar-refractivity contribution in [2.45, 2.75) is 38.3 Å². The fraction of sp³-hybridized carbons (Fsp3) is 0.500. The average Bonchev–Trinajstić information content (AvgIpc) is 2.90. The van der Waals surface area contributed by atoms with E-state index in [1.54, 1.807) is 0 Å². The highest BCUT2D eigenvalue weighted by Crippen LogP contribution is 2.17. The third-order valence-electron chi connectivity index (χ3n) is 3.25. The van der Waals surface area contributed by atoms with Crippen LogP contribution in [0.1, 0.15) is 31.2 Å². The van der Waals surface area contributed by atoms with E-state index in [9.17, 15) is 4.79 Å². The predicted octanol–water partition coefficient (Wildman–Crippen LogP) is 1.58. The first-order valence-corrected chi connectivity index (χ1v) is 6.49. The number of nitrogens with two attached hydrogens (primary N) is 1. The van der Waals surface area contributed by atoms with Gasteiger partial charge in [-0.2, -0.15) is 0 Å². The molecule has 0 radical (unpaired) electrons. The Hall–Kier alpha value is -1.55. The molecule has 0 aromatic heterocycles. The van der Waals surface area contributed by atoms with Gasteiger partial charge in [0.05, 0.1) is 0 Å². The van der Waals surface area contributed by atoms with Crippen LogP contribution in [-0.4, -0.2) is 18.6 Å². The van der Waals surface area contributed by atoms with Crippen LogP contribution < -0.4 is 15.8 Å². The standard InChI is InChI=1S/C14H20N2O2/c15-9-11-5-7-13(8-6-11)18-10-14(17)16-12-3-1-2-4-12/h5-8,12H,1-4,9-10,15H2,(H,16,17). The van der Waals surface area contributed by atoms with E-state index in [0.29, 0.717) is 18.3 Å². The summed E-state index contributed by atoms with van der Waals surface area (Å²) in [4.78, 5) is 11.6. The van der Waals surface area contributed by atoms with Gasteiger partial charge in [0.2, 0.25) is 0 Å². The number of carbonyl (C=O) groups excluding carboxylic acids is 1. The molecule has 1 aliphatic rings. The number of ether oxygens (including phenoxy) is 1. The summed E-state index contributed by atoms with van der Waals surface area (Å²) in [5.74, 6) is 0.665. The van der Waals surface area contributed by atoms with Crippen molar-refractivity contribution in [1.82, 2.24) is 5.32 Å². The molecule has 98 valence electrons. The molecule has 2 rings (SSSR count). The van der Waals surface area contributed by atoms with Crippen LogP contribution in [0.15, 0.2) is 24.3 Å². The van der Waals surface area contributed by atoms with Gasteiger partial charge in [-0.05, 0) is 30.5 Å². The SMILES string of the molecule is NCc1ccc(OCC(=O)NC2CCCC2)cc1. The quantitative estimate of drug-likeness (QED) is 0.831. The van der Waals surface area contributed by atoms with E-state index in [-0.39, 0.29) is 12.5 Å². The maximum Gasteiger partial charge on any atom is 0.258 e. The Labute approximate surface area is 108 Å². The third kappa shape index (κ3) is 3.74. The summed E-state index contributed by atoms with van der Waals surface area (Å²) < 4.78 is 5.42. The molecule has 3 N–H and O–H groups in total. The Morgan fingerprint density at radius 2 is 1.94 bits per heavy atom. The van der Waals surface area contributed by atoms with Gasteiger partial charge < -0.3 is 15.8 Å². The van der Waals surface area contributed by atoms with Crippen LogP contribution in [0.4, 0.5) is 0 Å². The molecule has 1 aliphatic carbocycles. The first-order valence-electron chi connectivity index (χ1n) is 6.49. The fourth-order valence-corrected chi connectivity index (χ4v) is 2.21. The lowest BCUT2D eigenvalue weighted by atomic mass is 10.2. The van der Waals surface area contributed by atoms with Crippen molar-refractivity contribution >= 4 is 5.91 Å². The van der Waals surface area contributed by atoms with E-state index in [2.05, 4.69) is 5.32 Å². The van der Waals surface area contributed by atoms with E-state index in [4.69, 9.17) is 10.5 Å². The van der Waals surface area contributed by atoms with Crippen LogP contribution in [0.3, 0.4) is 0 Å². The molecule has 0 atom stereocenters. The first kappa shape index (κ1) is 12.9. The van der Waals surface area contributed by atoms with Gasteiger partial charge >= 0.3 is 0 Å². The minimum Gasteiger partial charge on any atom is -0.484 e. The largest absolute Gasteiger partial charge is 0.484 e. The van der Waals surface area contributed by atoms with Crippen molar-refractivity contribution in [3.8, 4) is 5.75 Å². The van der Waals surface area contributed by atoms with E-state index in [1.807, 2.05) is 24.3 Å². The Kier molecular flexibility index (Phi) is 4.59. The van der Waals surface area contributed by atoms with Crippen molar-refractivity contribution in [3.05, 3.63) is 29.8 Å². The van der Waals surface area contributed by atoms with Gasteiger partial charge in [-0.3, -0.25) is 4.79 Å². The number of amides is 1. The molecule has 18 heavy (non-hydrogen) atoms. The van der Waals surface area contributed by atoms with Gasteiger partial charge in [-0.1, -0.05) is 25.0 Å². The van der Waals surface area contributed by atoms with Gasteiger partial charge in [0.1, 0.15) is 5.75 Å². The van der Waals surface area contributed by atoms with Crippen molar-refractivity contribution in [1.29, 1.82) is 0 Å². The highest BCUT2D eigenvalue weighted by molar-refractivity contribution is 5.77. The maximum absolute atomic E-state index is 11.6. The highest BCUT2D eigenvalue weighted by atomic mass is 16.5. The molecule has 0 saturated heterocycles. The lowest BCUT2D eigenvalue weighted by Gasteiger charge is -2.12. The molecule has 4 heteroatoms. The molecule has 1 aromatic carbocycles. The van der Waals surface area contributed by atoms with Crippen molar-refractivity contribution in [2.24, 2.45) is 5.73 Å². The number of rotatable bonds is 5. The summed E-state index contributed by atoms with van der Waals surface area (Å²) in [6.07, 6.45) is 4.62. The third-order valence-corrected chi connectivity index (χ3v) is 3.25. The molecule has 0 unspecified atom stereocenters. The second-order valence-corrected chi connectivity index (χ2v) is 4.69. The van der Waals surface area contributed by atoms with E-state index in [0.717, 1.165) is 18.4 Å². The number of hydrogen-bond acceptors (Lipinski definition) is 3. The van der Waals surface area contributed by atoms with Crippen LogP contribution in [0.25, 0.3) is 0 Å². The average molecular weight is 248 g/mol. The molecule has 0 aliphatic heterocycles. The zero-order valence-corrected chi connectivity index (χ0v) is 10.5. The molecule has 0 heterocycles. The molecule has 1 amide bonds. The summed E-state index contributed by atoms with van der Waals surface area (Å²) in [7, 11) is 0. The van der Waals surface area contributed by atoms with Gasteiger partial charge in [-0.15, -0.1) is 0 Å². The fourth-order valence-electron chi connectivity index (χ4n) is 2.21. The minimum atomic E-state index is -0.0372. The van der Waals surface area contributed by atoms with Crippen LogP contribution in [0, 0.1) is 0 Å². The Morgan fingerprint density at radius 3 is 2.56 bits per heavy atom. The van der Waals surface area contributed by atoms with E-state index >= 15 is 0 Å².